The van der Waals surface area contributed by atoms with Gasteiger partial charge in [0.25, 0.3) is 5.69 Å². The smallest absolute Gasteiger partial charge is 0.339 e. The molecule has 9 heteroatoms. The van der Waals surface area contributed by atoms with Crippen molar-refractivity contribution >= 4 is 23.6 Å². The second-order valence-corrected chi connectivity index (χ2v) is 5.21. The van der Waals surface area contributed by atoms with E-state index < -0.39 is 11.0 Å². The monoisotopic (exact) mass is 358 g/mol. The second kappa shape index (κ2) is 8.47. The van der Waals surface area contributed by atoms with Gasteiger partial charge in [-0.2, -0.15) is 5.10 Å². The SMILES string of the molecule is CCOc1cc([N+](=O)[O-])cc(C=NNC(=O)Nc2ccccc2C)c1O. The number of amides is 2. The Hall–Kier alpha value is -3.62. The lowest BCUT2D eigenvalue weighted by Crippen LogP contribution is -2.24. The Kier molecular flexibility index (Phi) is 6.10. The van der Waals surface area contributed by atoms with Crippen LogP contribution in [0, 0.1) is 17.0 Å². The molecule has 2 rings (SSSR count). The van der Waals surface area contributed by atoms with E-state index in [0.29, 0.717) is 5.69 Å². The molecule has 0 aliphatic rings. The standard InChI is InChI=1S/C17H18N4O5/c1-3-26-15-9-13(21(24)25)8-12(16(15)22)10-18-20-17(23)19-14-7-5-4-6-11(14)2/h4-10,22H,3H2,1-2H3,(H2,19,20,23). The van der Waals surface area contributed by atoms with E-state index >= 15 is 0 Å². The summed E-state index contributed by atoms with van der Waals surface area (Å²) >= 11 is 0. The van der Waals surface area contributed by atoms with Gasteiger partial charge in [-0.1, -0.05) is 18.2 Å². The Bertz CT molecular complexity index is 851. The molecule has 3 N–H and O–H groups in total. The van der Waals surface area contributed by atoms with Crippen LogP contribution < -0.4 is 15.5 Å². The molecule has 0 bridgehead atoms. The first kappa shape index (κ1) is 18.7. The largest absolute Gasteiger partial charge is 0.504 e. The normalized spacial score (nSPS) is 10.5. The molecule has 2 amide bonds. The molecular formula is C17H18N4O5. The van der Waals surface area contributed by atoms with E-state index in [2.05, 4.69) is 15.8 Å². The number of hydrazone groups is 1. The first-order chi connectivity index (χ1) is 12.4. The number of nitro groups is 1. The number of benzene rings is 2. The minimum atomic E-state index is -0.613. The number of phenolic OH excluding ortho intramolecular Hbond substituents is 1. The van der Waals surface area contributed by atoms with Gasteiger partial charge >= 0.3 is 6.03 Å². The predicted octanol–water partition coefficient (Wildman–Crippen LogP) is 3.16. The summed E-state index contributed by atoms with van der Waals surface area (Å²) in [6, 6.07) is 8.86. The van der Waals surface area contributed by atoms with Crippen LogP contribution in [0.1, 0.15) is 18.1 Å². The number of hydrogen-bond donors (Lipinski definition) is 3. The lowest BCUT2D eigenvalue weighted by molar-refractivity contribution is -0.385. The van der Waals surface area contributed by atoms with Crippen LogP contribution in [0.15, 0.2) is 41.5 Å². The lowest BCUT2D eigenvalue weighted by atomic mass is 10.1. The number of ether oxygens (including phenoxy) is 1. The van der Waals surface area contributed by atoms with Crippen LogP contribution >= 0.6 is 0 Å². The number of anilines is 1. The van der Waals surface area contributed by atoms with E-state index in [4.69, 9.17) is 4.74 Å². The molecule has 0 radical (unpaired) electrons. The highest BCUT2D eigenvalue weighted by Gasteiger charge is 2.16. The quantitative estimate of drug-likeness (QED) is 0.415. The van der Waals surface area contributed by atoms with Crippen molar-refractivity contribution < 1.29 is 19.6 Å². The highest BCUT2D eigenvalue weighted by atomic mass is 16.6. The highest BCUT2D eigenvalue weighted by molar-refractivity contribution is 5.92. The number of nitro benzene ring substituents is 1. The third-order valence-electron chi connectivity index (χ3n) is 3.36. The summed E-state index contributed by atoms with van der Waals surface area (Å²) in [7, 11) is 0. The van der Waals surface area contributed by atoms with Gasteiger partial charge in [0.1, 0.15) is 0 Å². The third-order valence-corrected chi connectivity index (χ3v) is 3.36. The number of carbonyl (C=O) groups is 1. The number of hydrogen-bond acceptors (Lipinski definition) is 6. The number of nitrogens with zero attached hydrogens (tertiary/aromatic N) is 2. The van der Waals surface area contributed by atoms with Gasteiger partial charge in [-0.25, -0.2) is 10.2 Å². The molecule has 0 heterocycles. The van der Waals surface area contributed by atoms with Crippen molar-refractivity contribution in [1.29, 1.82) is 0 Å². The van der Waals surface area contributed by atoms with Crippen LogP contribution in [0.4, 0.5) is 16.2 Å². The maximum atomic E-state index is 11.9. The number of aromatic hydroxyl groups is 1. The number of aryl methyl sites for hydroxylation is 1. The van der Waals surface area contributed by atoms with Gasteiger partial charge in [0, 0.05) is 17.3 Å². The Morgan fingerprint density at radius 3 is 2.77 bits per heavy atom. The number of carbonyl (C=O) groups excluding carboxylic acids is 1. The van der Waals surface area contributed by atoms with Crippen molar-refractivity contribution in [2.24, 2.45) is 5.10 Å². The van der Waals surface area contributed by atoms with Crippen molar-refractivity contribution in [3.63, 3.8) is 0 Å². The lowest BCUT2D eigenvalue weighted by Gasteiger charge is -2.08. The molecule has 26 heavy (non-hydrogen) atoms. The molecule has 9 nitrogen and oxygen atoms in total. The van der Waals surface area contributed by atoms with Crippen molar-refractivity contribution in [2.75, 3.05) is 11.9 Å². The molecule has 2 aromatic carbocycles. The van der Waals surface area contributed by atoms with E-state index in [1.165, 1.54) is 0 Å². The molecule has 0 unspecified atom stereocenters. The zero-order chi connectivity index (χ0) is 19.1. The average molecular weight is 358 g/mol. The van der Waals surface area contributed by atoms with Gasteiger partial charge in [0.2, 0.25) is 0 Å². The van der Waals surface area contributed by atoms with Crippen molar-refractivity contribution in [1.82, 2.24) is 5.43 Å². The summed E-state index contributed by atoms with van der Waals surface area (Å²) in [6.45, 7) is 3.75. The number of non-ortho nitro benzene ring substituents is 1. The van der Waals surface area contributed by atoms with Crippen LogP contribution in [0.25, 0.3) is 0 Å². The third kappa shape index (κ3) is 4.69. The summed E-state index contributed by atoms with van der Waals surface area (Å²) in [5, 5.41) is 27.4. The minimum Gasteiger partial charge on any atom is -0.504 e. The summed E-state index contributed by atoms with van der Waals surface area (Å²) in [6.07, 6.45) is 1.10. The first-order valence-corrected chi connectivity index (χ1v) is 7.72. The second-order valence-electron chi connectivity index (χ2n) is 5.21. The predicted molar refractivity (Wildman–Crippen MR) is 96.9 cm³/mol. The molecule has 0 aliphatic carbocycles. The Morgan fingerprint density at radius 2 is 2.12 bits per heavy atom. The van der Waals surface area contributed by atoms with E-state index in [1.54, 1.807) is 19.1 Å². The summed E-state index contributed by atoms with van der Waals surface area (Å²) in [5.74, 6) is -0.338. The fourth-order valence-electron chi connectivity index (χ4n) is 2.11. The number of rotatable bonds is 6. The number of urea groups is 1. The number of nitrogens with one attached hydrogen (secondary N) is 2. The van der Waals surface area contributed by atoms with Gasteiger partial charge < -0.3 is 15.2 Å². The van der Waals surface area contributed by atoms with Crippen molar-refractivity contribution in [3.8, 4) is 11.5 Å². The zero-order valence-electron chi connectivity index (χ0n) is 14.2. The van der Waals surface area contributed by atoms with Crippen molar-refractivity contribution in [3.05, 3.63) is 57.6 Å². The van der Waals surface area contributed by atoms with E-state index in [-0.39, 0.29) is 29.4 Å². The number of phenols is 1. The highest BCUT2D eigenvalue weighted by Crippen LogP contribution is 2.33. The van der Waals surface area contributed by atoms with E-state index in [0.717, 1.165) is 23.9 Å². The maximum absolute atomic E-state index is 11.9. The molecule has 0 spiro atoms. The zero-order valence-corrected chi connectivity index (χ0v) is 14.2. The van der Waals surface area contributed by atoms with Crippen molar-refractivity contribution in [2.45, 2.75) is 13.8 Å². The van der Waals surface area contributed by atoms with Gasteiger partial charge in [-0.05, 0) is 25.5 Å². The molecule has 0 saturated carbocycles. The van der Waals surface area contributed by atoms with E-state index in [1.807, 2.05) is 19.1 Å². The fourth-order valence-corrected chi connectivity index (χ4v) is 2.11. The van der Waals surface area contributed by atoms with E-state index in [9.17, 15) is 20.0 Å². The molecule has 136 valence electrons. The molecule has 0 atom stereocenters. The fraction of sp³-hybridized carbons (Fsp3) is 0.176. The van der Waals surface area contributed by atoms with Crippen LogP contribution in [0.3, 0.4) is 0 Å². The summed E-state index contributed by atoms with van der Waals surface area (Å²) < 4.78 is 5.17. The van der Waals surface area contributed by atoms with Gasteiger partial charge in [0.05, 0.1) is 23.8 Å². The first-order valence-electron chi connectivity index (χ1n) is 7.72. The summed E-state index contributed by atoms with van der Waals surface area (Å²) in [4.78, 5) is 22.2. The van der Waals surface area contributed by atoms with Crippen LogP contribution in [0.2, 0.25) is 0 Å². The number of para-hydroxylation sites is 1. The Balaban J connectivity index is 2.13. The maximum Gasteiger partial charge on any atom is 0.339 e. The molecular weight excluding hydrogens is 340 g/mol. The van der Waals surface area contributed by atoms with Crippen LogP contribution in [-0.2, 0) is 0 Å². The molecule has 0 aromatic heterocycles. The Morgan fingerprint density at radius 1 is 1.38 bits per heavy atom. The summed E-state index contributed by atoms with van der Waals surface area (Å²) in [5.41, 5.74) is 3.51. The molecule has 0 saturated heterocycles. The van der Waals surface area contributed by atoms with Crippen LogP contribution in [-0.4, -0.2) is 28.9 Å². The molecule has 0 fully saturated rings. The van der Waals surface area contributed by atoms with Crippen LogP contribution in [0.5, 0.6) is 11.5 Å². The van der Waals surface area contributed by atoms with Gasteiger partial charge in [-0.3, -0.25) is 10.1 Å². The average Bonchev–Trinajstić information content (AvgIpc) is 2.60. The molecule has 0 aliphatic heterocycles. The Labute approximate surface area is 149 Å². The van der Waals surface area contributed by atoms with Gasteiger partial charge in [-0.15, -0.1) is 0 Å². The van der Waals surface area contributed by atoms with Gasteiger partial charge in [0.15, 0.2) is 11.5 Å². The molecule has 2 aromatic rings. The topological polar surface area (TPSA) is 126 Å². The minimum absolute atomic E-state index is 0.0347.